The van der Waals surface area contributed by atoms with Gasteiger partial charge in [0, 0.05) is 32.3 Å². The van der Waals surface area contributed by atoms with Crippen LogP contribution in [0.5, 0.6) is 0 Å². The van der Waals surface area contributed by atoms with Crippen LogP contribution in [0.3, 0.4) is 0 Å². The minimum atomic E-state index is -0.106. The third-order valence-corrected chi connectivity index (χ3v) is 3.87. The van der Waals surface area contributed by atoms with Gasteiger partial charge >= 0.3 is 0 Å². The topological polar surface area (TPSA) is 73.1 Å². The van der Waals surface area contributed by atoms with Crippen molar-refractivity contribution in [2.24, 2.45) is 7.05 Å². The van der Waals surface area contributed by atoms with Crippen LogP contribution >= 0.6 is 0 Å². The first-order chi connectivity index (χ1) is 10.6. The van der Waals surface area contributed by atoms with Gasteiger partial charge in [-0.1, -0.05) is 0 Å². The van der Waals surface area contributed by atoms with Crippen LogP contribution in [0.15, 0.2) is 18.3 Å². The number of hydrogen-bond acceptors (Lipinski definition) is 6. The molecule has 0 N–H and O–H groups in total. The molecule has 0 bridgehead atoms. The summed E-state index contributed by atoms with van der Waals surface area (Å²) in [5.41, 5.74) is 1.98. The quantitative estimate of drug-likeness (QED) is 0.796. The van der Waals surface area contributed by atoms with Crippen molar-refractivity contribution in [1.82, 2.24) is 20.0 Å². The second-order valence-corrected chi connectivity index (χ2v) is 5.48. The van der Waals surface area contributed by atoms with Gasteiger partial charge in [-0.15, -0.1) is 10.2 Å². The van der Waals surface area contributed by atoms with Gasteiger partial charge in [-0.3, -0.25) is 9.48 Å². The van der Waals surface area contributed by atoms with Crippen LogP contribution in [-0.2, 0) is 11.8 Å². The second-order valence-electron chi connectivity index (χ2n) is 5.48. The summed E-state index contributed by atoms with van der Waals surface area (Å²) in [7, 11) is 1.84. The molecule has 1 aliphatic rings. The minimum Gasteiger partial charge on any atom is -0.377 e. The summed E-state index contributed by atoms with van der Waals surface area (Å²) in [6, 6.07) is 4.02. The van der Waals surface area contributed by atoms with Crippen molar-refractivity contribution in [2.75, 3.05) is 24.7 Å². The number of ketones is 1. The molecule has 0 saturated carbocycles. The molecule has 1 atom stereocenters. The molecular weight excluding hydrogens is 282 g/mol. The molecule has 7 heteroatoms. The van der Waals surface area contributed by atoms with Crippen molar-refractivity contribution in [3.05, 3.63) is 24.0 Å². The normalized spacial score (nSPS) is 18.5. The average Bonchev–Trinajstić information content (AvgIpc) is 2.93. The summed E-state index contributed by atoms with van der Waals surface area (Å²) in [5.74, 6) is 0.655. The smallest absolute Gasteiger partial charge is 0.180 e. The zero-order chi connectivity index (χ0) is 15.7. The van der Waals surface area contributed by atoms with Gasteiger partial charge in [-0.05, 0) is 19.1 Å². The number of ether oxygens (including phenoxy) is 1. The molecule has 0 amide bonds. The second kappa shape index (κ2) is 5.84. The maximum absolute atomic E-state index is 11.9. The number of carbonyl (C=O) groups excluding carboxylic acids is 1. The van der Waals surface area contributed by atoms with Crippen molar-refractivity contribution in [3.63, 3.8) is 0 Å². The Kier molecular flexibility index (Phi) is 3.89. The Labute approximate surface area is 128 Å². The highest BCUT2D eigenvalue weighted by Gasteiger charge is 2.23. The highest BCUT2D eigenvalue weighted by atomic mass is 16.5. The number of Topliss-reactive ketones (excluding diaryl/α,β-unsaturated/α-hetero) is 1. The van der Waals surface area contributed by atoms with E-state index in [4.69, 9.17) is 4.74 Å². The van der Waals surface area contributed by atoms with E-state index in [2.05, 4.69) is 27.1 Å². The molecule has 22 heavy (non-hydrogen) atoms. The van der Waals surface area contributed by atoms with Crippen molar-refractivity contribution in [3.8, 4) is 11.3 Å². The number of nitrogens with zero attached hydrogens (tertiary/aromatic N) is 5. The number of aromatic nitrogens is 4. The summed E-state index contributed by atoms with van der Waals surface area (Å²) in [4.78, 5) is 14.0. The molecule has 1 aliphatic heterocycles. The SMILES string of the molecule is CC(=O)c1nnc(N2CCOC[C@H]2C)cc1-c1ccnn1C. The highest BCUT2D eigenvalue weighted by molar-refractivity contribution is 5.98. The van der Waals surface area contributed by atoms with Crippen LogP contribution in [0.2, 0.25) is 0 Å². The van der Waals surface area contributed by atoms with Gasteiger partial charge in [0.2, 0.25) is 0 Å². The van der Waals surface area contributed by atoms with Gasteiger partial charge in [0.25, 0.3) is 0 Å². The van der Waals surface area contributed by atoms with E-state index >= 15 is 0 Å². The number of rotatable bonds is 3. The molecule has 0 aliphatic carbocycles. The van der Waals surface area contributed by atoms with Gasteiger partial charge in [0.15, 0.2) is 11.6 Å². The third-order valence-electron chi connectivity index (χ3n) is 3.87. The van der Waals surface area contributed by atoms with E-state index in [1.807, 2.05) is 19.2 Å². The van der Waals surface area contributed by atoms with Crippen LogP contribution in [-0.4, -0.2) is 51.6 Å². The molecule has 3 heterocycles. The lowest BCUT2D eigenvalue weighted by Gasteiger charge is -2.34. The predicted molar refractivity (Wildman–Crippen MR) is 81.9 cm³/mol. The van der Waals surface area contributed by atoms with Gasteiger partial charge < -0.3 is 9.64 Å². The largest absolute Gasteiger partial charge is 0.377 e. The molecule has 2 aromatic rings. The molecule has 7 nitrogen and oxygen atoms in total. The maximum Gasteiger partial charge on any atom is 0.180 e. The van der Waals surface area contributed by atoms with Crippen LogP contribution < -0.4 is 4.90 Å². The molecular formula is C15H19N5O2. The van der Waals surface area contributed by atoms with Crippen molar-refractivity contribution in [2.45, 2.75) is 19.9 Å². The lowest BCUT2D eigenvalue weighted by Crippen LogP contribution is -2.44. The monoisotopic (exact) mass is 301 g/mol. The summed E-state index contributed by atoms with van der Waals surface area (Å²) >= 11 is 0. The van der Waals surface area contributed by atoms with E-state index in [1.165, 1.54) is 6.92 Å². The summed E-state index contributed by atoms with van der Waals surface area (Å²) in [6.45, 7) is 5.68. The average molecular weight is 301 g/mol. The molecule has 1 fully saturated rings. The number of morpholine rings is 1. The van der Waals surface area contributed by atoms with Crippen LogP contribution in [0.4, 0.5) is 5.82 Å². The van der Waals surface area contributed by atoms with Gasteiger partial charge in [0.05, 0.1) is 24.9 Å². The van der Waals surface area contributed by atoms with E-state index in [1.54, 1.807) is 10.9 Å². The van der Waals surface area contributed by atoms with E-state index in [9.17, 15) is 4.79 Å². The Balaban J connectivity index is 2.08. The Hall–Kier alpha value is -2.28. The fourth-order valence-corrected chi connectivity index (χ4v) is 2.68. The maximum atomic E-state index is 11.9. The van der Waals surface area contributed by atoms with Gasteiger partial charge in [-0.2, -0.15) is 5.10 Å². The Morgan fingerprint density at radius 2 is 2.23 bits per heavy atom. The first-order valence-electron chi connectivity index (χ1n) is 7.29. The van der Waals surface area contributed by atoms with Crippen LogP contribution in [0.1, 0.15) is 24.3 Å². The molecule has 0 aromatic carbocycles. The van der Waals surface area contributed by atoms with Crippen molar-refractivity contribution >= 4 is 11.6 Å². The fraction of sp³-hybridized carbons (Fsp3) is 0.467. The Morgan fingerprint density at radius 1 is 1.41 bits per heavy atom. The first kappa shape index (κ1) is 14.6. The molecule has 0 spiro atoms. The molecule has 3 rings (SSSR count). The summed E-state index contributed by atoms with van der Waals surface area (Å²) < 4.78 is 7.19. The summed E-state index contributed by atoms with van der Waals surface area (Å²) in [5, 5.41) is 12.6. The van der Waals surface area contributed by atoms with E-state index < -0.39 is 0 Å². The predicted octanol–water partition coefficient (Wildman–Crippen LogP) is 1.30. The minimum absolute atomic E-state index is 0.106. The van der Waals surface area contributed by atoms with E-state index in [0.29, 0.717) is 18.9 Å². The van der Waals surface area contributed by atoms with Crippen LogP contribution in [0, 0.1) is 0 Å². The zero-order valence-electron chi connectivity index (χ0n) is 13.0. The molecule has 0 radical (unpaired) electrons. The molecule has 2 aromatic heterocycles. The number of carbonyl (C=O) groups is 1. The lowest BCUT2D eigenvalue weighted by molar-refractivity contribution is 0.0982. The van der Waals surface area contributed by atoms with Gasteiger partial charge in [-0.25, -0.2) is 0 Å². The number of aryl methyl sites for hydroxylation is 1. The highest BCUT2D eigenvalue weighted by Crippen LogP contribution is 2.27. The van der Waals surface area contributed by atoms with E-state index in [0.717, 1.165) is 23.6 Å². The molecule has 116 valence electrons. The van der Waals surface area contributed by atoms with Crippen molar-refractivity contribution in [1.29, 1.82) is 0 Å². The molecule has 0 unspecified atom stereocenters. The zero-order valence-corrected chi connectivity index (χ0v) is 13.0. The fourth-order valence-electron chi connectivity index (χ4n) is 2.68. The third kappa shape index (κ3) is 2.59. The molecule has 1 saturated heterocycles. The number of anilines is 1. The summed E-state index contributed by atoms with van der Waals surface area (Å²) in [6.07, 6.45) is 1.71. The van der Waals surface area contributed by atoms with Gasteiger partial charge in [0.1, 0.15) is 5.69 Å². The Morgan fingerprint density at radius 3 is 2.86 bits per heavy atom. The first-order valence-corrected chi connectivity index (χ1v) is 7.29. The van der Waals surface area contributed by atoms with Crippen LogP contribution in [0.25, 0.3) is 11.3 Å². The number of hydrogen-bond donors (Lipinski definition) is 0. The van der Waals surface area contributed by atoms with E-state index in [-0.39, 0.29) is 11.8 Å². The standard InChI is InChI=1S/C15H19N5O2/c1-10-9-22-7-6-20(10)14-8-12(13-4-5-16-19(13)3)15(11(2)21)18-17-14/h4-5,8,10H,6-7,9H2,1-3H3/t10-/m1/s1. The Bertz CT molecular complexity index is 697. The lowest BCUT2D eigenvalue weighted by atomic mass is 10.1. The van der Waals surface area contributed by atoms with Crippen molar-refractivity contribution < 1.29 is 9.53 Å².